The smallest absolute Gasteiger partial charge is 0.258 e. The van der Waals surface area contributed by atoms with Crippen LogP contribution in [0.3, 0.4) is 0 Å². The van der Waals surface area contributed by atoms with Crippen molar-refractivity contribution >= 4 is 16.9 Å². The van der Waals surface area contributed by atoms with E-state index in [1.807, 2.05) is 43.7 Å². The summed E-state index contributed by atoms with van der Waals surface area (Å²) in [6, 6.07) is 10.2. The van der Waals surface area contributed by atoms with E-state index in [1.54, 1.807) is 0 Å². The van der Waals surface area contributed by atoms with E-state index in [2.05, 4.69) is 34.5 Å². The molecule has 0 aliphatic rings. The number of hydrogen-bond donors (Lipinski definition) is 1. The zero-order valence-corrected chi connectivity index (χ0v) is 16.4. The van der Waals surface area contributed by atoms with E-state index >= 15 is 0 Å². The van der Waals surface area contributed by atoms with Crippen molar-refractivity contribution in [2.45, 2.75) is 40.5 Å². The molecule has 0 bridgehead atoms. The molecule has 0 fully saturated rings. The van der Waals surface area contributed by atoms with Gasteiger partial charge in [0.25, 0.3) is 5.91 Å². The van der Waals surface area contributed by atoms with Crippen molar-refractivity contribution in [3.05, 3.63) is 47.2 Å². The Kier molecular flexibility index (Phi) is 5.74. The second-order valence-corrected chi connectivity index (χ2v) is 6.63. The molecule has 27 heavy (non-hydrogen) atoms. The van der Waals surface area contributed by atoms with Crippen molar-refractivity contribution in [2.24, 2.45) is 0 Å². The summed E-state index contributed by atoms with van der Waals surface area (Å²) in [6.07, 6.45) is 1.89. The largest absolute Gasteiger partial charge is 0.468 e. The number of fused-ring (bicyclic) bond motifs is 1. The van der Waals surface area contributed by atoms with Crippen molar-refractivity contribution in [2.75, 3.05) is 13.2 Å². The number of amides is 1. The summed E-state index contributed by atoms with van der Waals surface area (Å²) >= 11 is 0. The molecule has 0 aliphatic heterocycles. The SMILES string of the molecule is CCCNC(=O)COc1cc(C)c2c(C)nn(-c3ccc(CC)cc3)c2n1. The normalized spacial score (nSPS) is 11.0. The number of rotatable bonds is 7. The summed E-state index contributed by atoms with van der Waals surface area (Å²) in [5.74, 6) is 0.286. The minimum atomic E-state index is -0.142. The Labute approximate surface area is 159 Å². The molecular weight excluding hydrogens is 340 g/mol. The van der Waals surface area contributed by atoms with Crippen LogP contribution in [0.15, 0.2) is 30.3 Å². The van der Waals surface area contributed by atoms with Gasteiger partial charge in [-0.25, -0.2) is 4.68 Å². The highest BCUT2D eigenvalue weighted by molar-refractivity contribution is 5.84. The number of aryl methyl sites for hydroxylation is 3. The molecule has 0 saturated carbocycles. The van der Waals surface area contributed by atoms with Gasteiger partial charge in [0.1, 0.15) is 0 Å². The number of benzene rings is 1. The summed E-state index contributed by atoms with van der Waals surface area (Å²) in [6.45, 7) is 8.73. The Bertz CT molecular complexity index is 945. The van der Waals surface area contributed by atoms with Gasteiger partial charge in [0.15, 0.2) is 12.3 Å². The lowest BCUT2D eigenvalue weighted by Gasteiger charge is -2.09. The van der Waals surface area contributed by atoms with Crippen LogP contribution in [0.4, 0.5) is 0 Å². The van der Waals surface area contributed by atoms with Crippen molar-refractivity contribution in [1.29, 1.82) is 0 Å². The molecule has 3 aromatic rings. The van der Waals surface area contributed by atoms with Crippen LogP contribution in [0, 0.1) is 13.8 Å². The molecule has 142 valence electrons. The van der Waals surface area contributed by atoms with E-state index in [0.717, 1.165) is 40.8 Å². The van der Waals surface area contributed by atoms with E-state index in [1.165, 1.54) is 5.56 Å². The lowest BCUT2D eigenvalue weighted by atomic mass is 10.1. The lowest BCUT2D eigenvalue weighted by molar-refractivity contribution is -0.123. The molecule has 2 aromatic heterocycles. The second kappa shape index (κ2) is 8.20. The van der Waals surface area contributed by atoms with Crippen molar-refractivity contribution in [3.8, 4) is 11.6 Å². The van der Waals surface area contributed by atoms with Gasteiger partial charge in [-0.05, 0) is 49.9 Å². The number of hydrogen-bond acceptors (Lipinski definition) is 4. The van der Waals surface area contributed by atoms with Crippen molar-refractivity contribution in [3.63, 3.8) is 0 Å². The predicted molar refractivity (Wildman–Crippen MR) is 107 cm³/mol. The first-order valence-corrected chi connectivity index (χ1v) is 9.39. The Morgan fingerprint density at radius 1 is 1.19 bits per heavy atom. The monoisotopic (exact) mass is 366 g/mol. The van der Waals surface area contributed by atoms with E-state index in [9.17, 15) is 4.79 Å². The highest BCUT2D eigenvalue weighted by Gasteiger charge is 2.15. The number of nitrogens with zero attached hydrogens (tertiary/aromatic N) is 3. The highest BCUT2D eigenvalue weighted by atomic mass is 16.5. The Balaban J connectivity index is 1.93. The van der Waals surface area contributed by atoms with Gasteiger partial charge in [-0.3, -0.25) is 4.79 Å². The predicted octanol–water partition coefficient (Wildman–Crippen LogP) is 3.50. The van der Waals surface area contributed by atoms with Gasteiger partial charge in [0.05, 0.1) is 11.4 Å². The highest BCUT2D eigenvalue weighted by Crippen LogP contribution is 2.26. The van der Waals surface area contributed by atoms with E-state index < -0.39 is 0 Å². The summed E-state index contributed by atoms with van der Waals surface area (Å²) in [7, 11) is 0. The molecule has 1 amide bonds. The van der Waals surface area contributed by atoms with Crippen LogP contribution in [0.2, 0.25) is 0 Å². The third kappa shape index (κ3) is 4.10. The average molecular weight is 366 g/mol. The summed E-state index contributed by atoms with van der Waals surface area (Å²) in [5, 5.41) is 8.48. The van der Waals surface area contributed by atoms with Gasteiger partial charge in [0, 0.05) is 18.0 Å². The van der Waals surface area contributed by atoms with Gasteiger partial charge >= 0.3 is 0 Å². The van der Waals surface area contributed by atoms with Crippen LogP contribution in [0.1, 0.15) is 37.1 Å². The molecule has 0 spiro atoms. The summed E-state index contributed by atoms with van der Waals surface area (Å²) < 4.78 is 7.46. The molecule has 0 radical (unpaired) electrons. The van der Waals surface area contributed by atoms with Gasteiger partial charge in [-0.2, -0.15) is 10.1 Å². The Hall–Kier alpha value is -2.89. The number of aromatic nitrogens is 3. The van der Waals surface area contributed by atoms with Crippen LogP contribution >= 0.6 is 0 Å². The van der Waals surface area contributed by atoms with Crippen LogP contribution in [0.25, 0.3) is 16.7 Å². The summed E-state index contributed by atoms with van der Waals surface area (Å²) in [5.41, 5.74) is 4.91. The van der Waals surface area contributed by atoms with E-state index in [-0.39, 0.29) is 12.5 Å². The third-order valence-corrected chi connectivity index (χ3v) is 4.50. The third-order valence-electron chi connectivity index (χ3n) is 4.50. The molecule has 0 saturated heterocycles. The maximum atomic E-state index is 11.8. The minimum Gasteiger partial charge on any atom is -0.468 e. The first-order chi connectivity index (χ1) is 13.0. The lowest BCUT2D eigenvalue weighted by Crippen LogP contribution is -2.29. The molecular formula is C21H26N4O2. The summed E-state index contributed by atoms with van der Waals surface area (Å²) in [4.78, 5) is 16.4. The molecule has 6 heteroatoms. The minimum absolute atomic E-state index is 0.0454. The fourth-order valence-electron chi connectivity index (χ4n) is 3.06. The zero-order chi connectivity index (χ0) is 19.4. The molecule has 0 unspecified atom stereocenters. The average Bonchev–Trinajstić information content (AvgIpc) is 3.01. The Morgan fingerprint density at radius 2 is 1.93 bits per heavy atom. The number of nitrogens with one attached hydrogen (secondary N) is 1. The molecule has 0 aliphatic carbocycles. The molecule has 0 atom stereocenters. The van der Waals surface area contributed by atoms with Gasteiger partial charge in [0.2, 0.25) is 5.88 Å². The van der Waals surface area contributed by atoms with Crippen LogP contribution in [-0.4, -0.2) is 33.8 Å². The quantitative estimate of drug-likeness (QED) is 0.695. The number of pyridine rings is 1. The zero-order valence-electron chi connectivity index (χ0n) is 16.4. The fraction of sp³-hybridized carbons (Fsp3) is 0.381. The van der Waals surface area contributed by atoms with E-state index in [4.69, 9.17) is 4.74 Å². The molecule has 1 aromatic carbocycles. The van der Waals surface area contributed by atoms with Gasteiger partial charge in [-0.15, -0.1) is 0 Å². The van der Waals surface area contributed by atoms with Crippen LogP contribution in [-0.2, 0) is 11.2 Å². The van der Waals surface area contributed by atoms with Crippen LogP contribution in [0.5, 0.6) is 5.88 Å². The molecule has 3 rings (SSSR count). The van der Waals surface area contributed by atoms with Crippen molar-refractivity contribution in [1.82, 2.24) is 20.1 Å². The molecule has 1 N–H and O–H groups in total. The maximum absolute atomic E-state index is 11.8. The second-order valence-electron chi connectivity index (χ2n) is 6.63. The first kappa shape index (κ1) is 18.9. The maximum Gasteiger partial charge on any atom is 0.258 e. The number of carbonyl (C=O) groups excluding carboxylic acids is 1. The van der Waals surface area contributed by atoms with Crippen LogP contribution < -0.4 is 10.1 Å². The standard InChI is InChI=1S/C21H26N4O2/c1-5-11-22-18(26)13-27-19-12-14(3)20-15(4)24-25(21(20)23-19)17-9-7-16(6-2)8-10-17/h7-10,12H,5-6,11,13H2,1-4H3,(H,22,26). The van der Waals surface area contributed by atoms with Crippen molar-refractivity contribution < 1.29 is 9.53 Å². The van der Waals surface area contributed by atoms with Gasteiger partial charge in [-0.1, -0.05) is 26.0 Å². The van der Waals surface area contributed by atoms with Gasteiger partial charge < -0.3 is 10.1 Å². The topological polar surface area (TPSA) is 69.0 Å². The fourth-order valence-corrected chi connectivity index (χ4v) is 3.06. The Morgan fingerprint density at radius 3 is 2.59 bits per heavy atom. The van der Waals surface area contributed by atoms with E-state index in [0.29, 0.717) is 12.4 Å². The molecule has 2 heterocycles. The molecule has 6 nitrogen and oxygen atoms in total. The number of carbonyl (C=O) groups is 1. The number of ether oxygens (including phenoxy) is 1. The first-order valence-electron chi connectivity index (χ1n) is 9.39.